The minimum atomic E-state index is -4.67. The van der Waals surface area contributed by atoms with Crippen LogP contribution in [0.4, 0.5) is 13.2 Å². The van der Waals surface area contributed by atoms with Gasteiger partial charge in [-0.15, -0.1) is 13.2 Å². The highest BCUT2D eigenvalue weighted by atomic mass is 19.4. The lowest BCUT2D eigenvalue weighted by Crippen LogP contribution is -2.17. The monoisotopic (exact) mass is 228 g/mol. The van der Waals surface area contributed by atoms with E-state index in [9.17, 15) is 13.2 Å². The van der Waals surface area contributed by atoms with Crippen molar-refractivity contribution in [2.75, 3.05) is 0 Å². The molecule has 3 nitrogen and oxygen atoms in total. The van der Waals surface area contributed by atoms with Crippen molar-refractivity contribution < 1.29 is 17.9 Å². The van der Waals surface area contributed by atoms with E-state index >= 15 is 0 Å². The summed E-state index contributed by atoms with van der Waals surface area (Å²) in [6.07, 6.45) is -0.00967. The second-order valence-corrected chi connectivity index (χ2v) is 3.02. The number of nitrogens with zero attached hydrogens (tertiary/aromatic N) is 2. The zero-order valence-corrected chi connectivity index (χ0v) is 7.98. The first-order valence-electron chi connectivity index (χ1n) is 4.39. The van der Waals surface area contributed by atoms with E-state index in [2.05, 4.69) is 9.72 Å². The molecule has 1 aromatic carbocycles. The van der Waals surface area contributed by atoms with Gasteiger partial charge >= 0.3 is 6.36 Å². The van der Waals surface area contributed by atoms with E-state index in [0.717, 1.165) is 0 Å². The summed E-state index contributed by atoms with van der Waals surface area (Å²) in [5, 5.41) is 0. The maximum absolute atomic E-state index is 12.0. The number of alkyl halides is 3. The number of halogens is 3. The van der Waals surface area contributed by atoms with Gasteiger partial charge in [0.2, 0.25) is 0 Å². The fourth-order valence-corrected chi connectivity index (χ4v) is 1.25. The van der Waals surface area contributed by atoms with E-state index in [1.54, 1.807) is 16.8 Å². The van der Waals surface area contributed by atoms with Gasteiger partial charge in [0, 0.05) is 18.5 Å². The maximum atomic E-state index is 12.0. The lowest BCUT2D eigenvalue weighted by molar-refractivity contribution is -0.274. The van der Waals surface area contributed by atoms with Gasteiger partial charge in [0.15, 0.2) is 0 Å². The molecular weight excluding hydrogens is 221 g/mol. The summed E-state index contributed by atoms with van der Waals surface area (Å²) in [6, 6.07) is 5.67. The Hall–Kier alpha value is -1.98. The quantitative estimate of drug-likeness (QED) is 0.790. The van der Waals surface area contributed by atoms with Crippen LogP contribution in [0.25, 0.3) is 5.69 Å². The van der Waals surface area contributed by atoms with E-state index in [1.165, 1.54) is 30.7 Å². The average molecular weight is 228 g/mol. The molecule has 16 heavy (non-hydrogen) atoms. The van der Waals surface area contributed by atoms with Gasteiger partial charge in [-0.2, -0.15) is 0 Å². The Labute approximate surface area is 89.1 Å². The molecule has 2 rings (SSSR count). The van der Waals surface area contributed by atoms with Crippen LogP contribution in [-0.2, 0) is 0 Å². The first-order chi connectivity index (χ1) is 7.54. The van der Waals surface area contributed by atoms with Gasteiger partial charge < -0.3 is 9.30 Å². The van der Waals surface area contributed by atoms with Crippen molar-refractivity contribution in [2.45, 2.75) is 6.36 Å². The van der Waals surface area contributed by atoms with Crippen molar-refractivity contribution >= 4 is 0 Å². The molecule has 0 saturated carbocycles. The molecule has 0 atom stereocenters. The molecule has 0 N–H and O–H groups in total. The molecule has 6 heteroatoms. The summed E-state index contributed by atoms with van der Waals surface area (Å²) < 4.78 is 41.3. The van der Waals surface area contributed by atoms with E-state index in [-0.39, 0.29) is 5.75 Å². The van der Waals surface area contributed by atoms with Crippen LogP contribution in [-0.4, -0.2) is 15.9 Å². The van der Waals surface area contributed by atoms with Gasteiger partial charge in [0.05, 0.1) is 12.0 Å². The molecule has 0 unspecified atom stereocenters. The zero-order valence-electron chi connectivity index (χ0n) is 7.98. The number of benzene rings is 1. The van der Waals surface area contributed by atoms with Crippen LogP contribution in [0.15, 0.2) is 43.0 Å². The van der Waals surface area contributed by atoms with Crippen LogP contribution in [0.3, 0.4) is 0 Å². The molecule has 2 aromatic rings. The lowest BCUT2D eigenvalue weighted by atomic mass is 10.3. The number of hydrogen-bond acceptors (Lipinski definition) is 2. The Kier molecular flexibility index (Phi) is 2.55. The molecule has 0 aliphatic heterocycles. The highest BCUT2D eigenvalue weighted by Gasteiger charge is 2.31. The predicted octanol–water partition coefficient (Wildman–Crippen LogP) is 2.77. The molecule has 0 radical (unpaired) electrons. The van der Waals surface area contributed by atoms with Gasteiger partial charge in [0.1, 0.15) is 5.75 Å². The van der Waals surface area contributed by atoms with Crippen LogP contribution in [0, 0.1) is 0 Å². The zero-order chi connectivity index (χ0) is 11.6. The van der Waals surface area contributed by atoms with Gasteiger partial charge in [-0.25, -0.2) is 4.98 Å². The highest BCUT2D eigenvalue weighted by Crippen LogP contribution is 2.24. The number of imidazole rings is 1. The molecule has 0 amide bonds. The molecule has 1 heterocycles. The Balaban J connectivity index is 2.27. The van der Waals surface area contributed by atoms with Crippen molar-refractivity contribution in [3.8, 4) is 11.4 Å². The molecule has 84 valence electrons. The van der Waals surface area contributed by atoms with Crippen molar-refractivity contribution in [1.29, 1.82) is 0 Å². The van der Waals surface area contributed by atoms with E-state index in [0.29, 0.717) is 5.69 Å². The van der Waals surface area contributed by atoms with Crippen molar-refractivity contribution in [3.05, 3.63) is 43.0 Å². The minimum Gasteiger partial charge on any atom is -0.406 e. The van der Waals surface area contributed by atoms with Gasteiger partial charge in [0.25, 0.3) is 0 Å². The Morgan fingerprint density at radius 1 is 1.25 bits per heavy atom. The highest BCUT2D eigenvalue weighted by molar-refractivity contribution is 5.39. The van der Waals surface area contributed by atoms with Crippen molar-refractivity contribution in [2.24, 2.45) is 0 Å². The molecule has 0 aliphatic carbocycles. The summed E-state index contributed by atoms with van der Waals surface area (Å²) in [5.74, 6) is -0.251. The van der Waals surface area contributed by atoms with E-state index < -0.39 is 6.36 Å². The van der Waals surface area contributed by atoms with Gasteiger partial charge in [-0.05, 0) is 12.1 Å². The maximum Gasteiger partial charge on any atom is 0.573 e. The Morgan fingerprint density at radius 3 is 2.69 bits per heavy atom. The third-order valence-electron chi connectivity index (χ3n) is 1.85. The summed E-state index contributed by atoms with van der Waals surface area (Å²) in [7, 11) is 0. The Bertz CT molecular complexity index is 465. The third-order valence-corrected chi connectivity index (χ3v) is 1.85. The number of rotatable bonds is 2. The lowest BCUT2D eigenvalue weighted by Gasteiger charge is -2.10. The van der Waals surface area contributed by atoms with E-state index in [1.807, 2.05) is 0 Å². The molecule has 0 aliphatic rings. The number of ether oxygens (including phenoxy) is 1. The molecule has 0 fully saturated rings. The normalized spacial score (nSPS) is 11.4. The second-order valence-electron chi connectivity index (χ2n) is 3.02. The Morgan fingerprint density at radius 2 is 2.06 bits per heavy atom. The minimum absolute atomic E-state index is 0.251. The smallest absolute Gasteiger partial charge is 0.406 e. The van der Waals surface area contributed by atoms with Crippen LogP contribution in [0.1, 0.15) is 0 Å². The molecule has 0 saturated heterocycles. The summed E-state index contributed by atoms with van der Waals surface area (Å²) in [5.41, 5.74) is 0.555. The molecule has 0 spiro atoms. The largest absolute Gasteiger partial charge is 0.573 e. The summed E-state index contributed by atoms with van der Waals surface area (Å²) >= 11 is 0. The first kappa shape index (κ1) is 10.5. The third kappa shape index (κ3) is 2.53. The summed E-state index contributed by atoms with van der Waals surface area (Å²) in [4.78, 5) is 3.80. The number of hydrogen-bond donors (Lipinski definition) is 0. The first-order valence-corrected chi connectivity index (χ1v) is 4.39. The fraction of sp³-hybridized carbons (Fsp3) is 0.100. The second kappa shape index (κ2) is 3.88. The van der Waals surface area contributed by atoms with Crippen molar-refractivity contribution in [1.82, 2.24) is 9.55 Å². The van der Waals surface area contributed by atoms with Crippen LogP contribution in [0.2, 0.25) is 0 Å². The SMILES string of the molecule is FC(F)(F)Oc1cccc(-n2ccnc2)c1. The van der Waals surface area contributed by atoms with Crippen molar-refractivity contribution in [3.63, 3.8) is 0 Å². The molecule has 0 bridgehead atoms. The van der Waals surface area contributed by atoms with Crippen LogP contribution in [0.5, 0.6) is 5.75 Å². The van der Waals surface area contributed by atoms with Crippen LogP contribution < -0.4 is 4.74 Å². The topological polar surface area (TPSA) is 27.1 Å². The van der Waals surface area contributed by atoms with Crippen LogP contribution >= 0.6 is 0 Å². The van der Waals surface area contributed by atoms with Gasteiger partial charge in [-0.3, -0.25) is 0 Å². The molecule has 1 aromatic heterocycles. The van der Waals surface area contributed by atoms with E-state index in [4.69, 9.17) is 0 Å². The average Bonchev–Trinajstić information content (AvgIpc) is 2.68. The van der Waals surface area contributed by atoms with Gasteiger partial charge in [-0.1, -0.05) is 6.07 Å². The summed E-state index contributed by atoms with van der Waals surface area (Å²) in [6.45, 7) is 0. The molecular formula is C10H7F3N2O. The fourth-order valence-electron chi connectivity index (χ4n) is 1.25. The number of aromatic nitrogens is 2. The standard InChI is InChI=1S/C10H7F3N2O/c11-10(12,13)16-9-3-1-2-8(6-9)15-5-4-14-7-15/h1-7H. The predicted molar refractivity (Wildman–Crippen MR) is 50.2 cm³/mol.